The third-order valence-corrected chi connectivity index (χ3v) is 11.9. The van der Waals surface area contributed by atoms with Crippen molar-refractivity contribution in [2.75, 3.05) is 0 Å². The van der Waals surface area contributed by atoms with Crippen LogP contribution in [0.5, 0.6) is 0 Å². The van der Waals surface area contributed by atoms with Crippen molar-refractivity contribution in [2.24, 2.45) is 10.7 Å². The number of hydrogen-bond acceptors (Lipinski definition) is 3. The summed E-state index contributed by atoms with van der Waals surface area (Å²) in [6.07, 6.45) is 1.23. The number of aliphatic imine (C=N–C) groups is 1. The van der Waals surface area contributed by atoms with Crippen LogP contribution in [-0.2, 0) is 5.41 Å². The summed E-state index contributed by atoms with van der Waals surface area (Å²) < 4.78 is 2.41. The maximum atomic E-state index is 6.86. The molecule has 8 aromatic rings. The molecule has 0 saturated heterocycles. The second-order valence-electron chi connectivity index (χ2n) is 14.4. The highest BCUT2D eigenvalue weighted by atomic mass is 28.2. The lowest BCUT2D eigenvalue weighted by molar-refractivity contribution is 0.467. The highest BCUT2D eigenvalue weighted by molar-refractivity contribution is 6.67. The molecule has 2 atom stereocenters. The van der Waals surface area contributed by atoms with Gasteiger partial charge in [-0.3, -0.25) is 10.3 Å². The molecule has 2 unspecified atom stereocenters. The van der Waals surface area contributed by atoms with E-state index in [0.717, 1.165) is 22.4 Å². The molecule has 4 nitrogen and oxygen atoms in total. The van der Waals surface area contributed by atoms with Gasteiger partial charge in [0.1, 0.15) is 15.7 Å². The van der Waals surface area contributed by atoms with Crippen LogP contribution in [0.15, 0.2) is 175 Å². The molecule has 0 fully saturated rings. The predicted octanol–water partition coefficient (Wildman–Crippen LogP) is 9.11. The zero-order chi connectivity index (χ0) is 35.9. The second-order valence-corrected chi connectivity index (χ2v) is 15.8. The maximum absolute atomic E-state index is 6.86. The van der Waals surface area contributed by atoms with Gasteiger partial charge in [0.25, 0.3) is 0 Å². The first kappa shape index (κ1) is 33.0. The summed E-state index contributed by atoms with van der Waals surface area (Å²) in [5.74, 6) is 0. The van der Waals surface area contributed by atoms with E-state index in [4.69, 9.17) is 10.7 Å². The molecule has 1 aliphatic rings. The Labute approximate surface area is 313 Å². The van der Waals surface area contributed by atoms with Crippen molar-refractivity contribution in [3.05, 3.63) is 198 Å². The molecule has 3 N–H and O–H groups in total. The second kappa shape index (κ2) is 13.6. The molecule has 53 heavy (non-hydrogen) atoms. The molecule has 1 aliphatic carbocycles. The molecular formula is C48H40N4Si. The third kappa shape index (κ3) is 6.13. The molecule has 0 amide bonds. The smallest absolute Gasteiger partial charge is 0.127 e. The van der Waals surface area contributed by atoms with E-state index >= 15 is 0 Å². The minimum absolute atomic E-state index is 0.0835. The minimum atomic E-state index is -0.404. The molecule has 0 aliphatic heterocycles. The zero-order valence-electron chi connectivity index (χ0n) is 29.9. The molecule has 5 heteroatoms. The number of nitrogens with zero attached hydrogens (tertiary/aromatic N) is 2. The Morgan fingerprint density at radius 2 is 1.30 bits per heavy atom. The highest BCUT2D eigenvalue weighted by Crippen LogP contribution is 2.50. The van der Waals surface area contributed by atoms with Gasteiger partial charge in [0, 0.05) is 28.1 Å². The lowest BCUT2D eigenvalue weighted by Crippen LogP contribution is -2.33. The standard InChI is InChI=1S/C48H40N4Si/c1-48(2)42-25-11-9-23-38(42)40-29-41-39-24-10-12-26-44(39)52(45(41)30-43(40)48)35-19-13-15-32(27-35)31-50-47(33-16-5-3-6-17-33)51-46(49)34-18-14-22-37(28-34)53-36-20-7-4-8-21-36/h3-31,46-47,51H,49H2,1-2H3. The van der Waals surface area contributed by atoms with Crippen molar-refractivity contribution in [3.63, 3.8) is 0 Å². The Bertz CT molecular complexity index is 2620. The first-order chi connectivity index (χ1) is 25.9. The number of hydrogen-bond donors (Lipinski definition) is 2. The van der Waals surface area contributed by atoms with Gasteiger partial charge >= 0.3 is 0 Å². The largest absolute Gasteiger partial charge is 0.312 e. The fourth-order valence-corrected chi connectivity index (χ4v) is 9.08. The Hall–Kier alpha value is -5.85. The van der Waals surface area contributed by atoms with Gasteiger partial charge in [-0.25, -0.2) is 0 Å². The van der Waals surface area contributed by atoms with Gasteiger partial charge in [0.2, 0.25) is 0 Å². The van der Waals surface area contributed by atoms with Crippen LogP contribution in [0.2, 0.25) is 0 Å². The van der Waals surface area contributed by atoms with Crippen LogP contribution in [0, 0.1) is 0 Å². The maximum Gasteiger partial charge on any atom is 0.127 e. The highest BCUT2D eigenvalue weighted by Gasteiger charge is 2.36. The van der Waals surface area contributed by atoms with Crippen LogP contribution in [0.1, 0.15) is 54.0 Å². The van der Waals surface area contributed by atoms with Gasteiger partial charge in [-0.2, -0.15) is 0 Å². The van der Waals surface area contributed by atoms with Crippen LogP contribution in [-0.4, -0.2) is 20.3 Å². The van der Waals surface area contributed by atoms with E-state index in [2.05, 4.69) is 175 Å². The minimum Gasteiger partial charge on any atom is -0.312 e. The van der Waals surface area contributed by atoms with Gasteiger partial charge in [0.05, 0.1) is 17.2 Å². The molecule has 0 saturated carbocycles. The van der Waals surface area contributed by atoms with E-state index in [9.17, 15) is 0 Å². The quantitative estimate of drug-likeness (QED) is 0.0897. The molecule has 0 spiro atoms. The van der Waals surface area contributed by atoms with E-state index in [0.29, 0.717) is 9.52 Å². The van der Waals surface area contributed by atoms with Crippen LogP contribution >= 0.6 is 0 Å². The van der Waals surface area contributed by atoms with Crippen LogP contribution in [0.3, 0.4) is 0 Å². The monoisotopic (exact) mass is 700 g/mol. The Morgan fingerprint density at radius 3 is 2.15 bits per heavy atom. The average molecular weight is 701 g/mol. The molecule has 256 valence electrons. The molecule has 9 rings (SSSR count). The number of rotatable bonds is 9. The summed E-state index contributed by atoms with van der Waals surface area (Å²) in [5, 5.41) is 8.70. The Morgan fingerprint density at radius 1 is 0.604 bits per heavy atom. The van der Waals surface area contributed by atoms with Crippen molar-refractivity contribution < 1.29 is 0 Å². The first-order valence-corrected chi connectivity index (χ1v) is 19.2. The number of nitrogens with one attached hydrogen (secondary N) is 1. The molecule has 0 bridgehead atoms. The first-order valence-electron chi connectivity index (χ1n) is 18.2. The van der Waals surface area contributed by atoms with E-state index in [1.807, 2.05) is 24.4 Å². The fourth-order valence-electron chi connectivity index (χ4n) is 7.97. The third-order valence-electron chi connectivity index (χ3n) is 10.6. The zero-order valence-corrected chi connectivity index (χ0v) is 30.9. The summed E-state index contributed by atoms with van der Waals surface area (Å²) >= 11 is 0. The SMILES string of the molecule is CC1(C)c2ccccc2-c2cc3c4ccccc4n(-c4cccc(C=NC(NC(N)c5cccc([Si]c6ccccc6)c5)c5ccccc5)c4)c3cc21. The van der Waals surface area contributed by atoms with Gasteiger partial charge in [0.15, 0.2) is 0 Å². The Kier molecular flexibility index (Phi) is 8.47. The number of benzene rings is 7. The van der Waals surface area contributed by atoms with Crippen LogP contribution in [0.4, 0.5) is 0 Å². The normalized spacial score (nSPS) is 14.4. The van der Waals surface area contributed by atoms with Crippen LogP contribution < -0.4 is 21.4 Å². The van der Waals surface area contributed by atoms with Gasteiger partial charge < -0.3 is 10.3 Å². The van der Waals surface area contributed by atoms with Gasteiger partial charge in [-0.05, 0) is 69.3 Å². The number of para-hydroxylation sites is 1. The Balaban J connectivity index is 1.06. The van der Waals surface area contributed by atoms with E-state index in [1.165, 1.54) is 54.4 Å². The van der Waals surface area contributed by atoms with Crippen molar-refractivity contribution in [3.8, 4) is 16.8 Å². The van der Waals surface area contributed by atoms with Crippen molar-refractivity contribution >= 4 is 47.9 Å². The summed E-state index contributed by atoms with van der Waals surface area (Å²) in [6.45, 7) is 4.69. The average Bonchev–Trinajstić information content (AvgIpc) is 3.64. The van der Waals surface area contributed by atoms with Crippen LogP contribution in [0.25, 0.3) is 38.6 Å². The van der Waals surface area contributed by atoms with Crippen molar-refractivity contribution in [2.45, 2.75) is 31.6 Å². The number of nitrogens with two attached hydrogens (primary N) is 1. The summed E-state index contributed by atoms with van der Waals surface area (Å²) in [4.78, 5) is 5.13. The molecule has 1 heterocycles. The number of fused-ring (bicyclic) bond motifs is 6. The van der Waals surface area contributed by atoms with E-state index in [1.54, 1.807) is 0 Å². The molecule has 1 aromatic heterocycles. The van der Waals surface area contributed by atoms with Gasteiger partial charge in [-0.15, -0.1) is 0 Å². The predicted molar refractivity (Wildman–Crippen MR) is 223 cm³/mol. The summed E-state index contributed by atoms with van der Waals surface area (Å²) in [5.41, 5.74) is 18.8. The fraction of sp³-hybridized carbons (Fsp3) is 0.104. The molecule has 7 aromatic carbocycles. The molecular weight excluding hydrogens is 661 g/mol. The number of aromatic nitrogens is 1. The van der Waals surface area contributed by atoms with Crippen molar-refractivity contribution in [1.29, 1.82) is 0 Å². The van der Waals surface area contributed by atoms with E-state index in [-0.39, 0.29) is 11.6 Å². The summed E-state index contributed by atoms with van der Waals surface area (Å²) in [6, 6.07) is 60.6. The topological polar surface area (TPSA) is 55.3 Å². The van der Waals surface area contributed by atoms with E-state index < -0.39 is 6.17 Å². The molecule has 2 radical (unpaired) electrons. The summed E-state index contributed by atoms with van der Waals surface area (Å²) in [7, 11) is 0.568. The van der Waals surface area contributed by atoms with Gasteiger partial charge in [-0.1, -0.05) is 164 Å². The lowest BCUT2D eigenvalue weighted by atomic mass is 9.82. The lowest BCUT2D eigenvalue weighted by Gasteiger charge is -2.22. The van der Waals surface area contributed by atoms with Crippen molar-refractivity contribution in [1.82, 2.24) is 9.88 Å².